The average molecular weight is 346 g/mol. The largest absolute Gasteiger partial charge is 0.486 e. The van der Waals surface area contributed by atoms with Gasteiger partial charge in [-0.3, -0.25) is 9.78 Å². The van der Waals surface area contributed by atoms with Gasteiger partial charge in [-0.15, -0.1) is 0 Å². The zero-order valence-corrected chi connectivity index (χ0v) is 14.1. The molecular weight excluding hydrogens is 328 g/mol. The summed E-state index contributed by atoms with van der Waals surface area (Å²) in [5.41, 5.74) is 2.27. The number of hydrogen-bond donors (Lipinski definition) is 1. The Morgan fingerprint density at radius 1 is 0.923 bits per heavy atom. The number of nitrogens with zero attached hydrogens (tertiary/aromatic N) is 1. The molecule has 0 spiro atoms. The van der Waals surface area contributed by atoms with Crippen LogP contribution in [0.5, 0.6) is 11.5 Å². The molecule has 1 aliphatic rings. The Morgan fingerprint density at radius 2 is 1.69 bits per heavy atom. The van der Waals surface area contributed by atoms with Crippen molar-refractivity contribution < 1.29 is 14.3 Å². The van der Waals surface area contributed by atoms with Crippen molar-refractivity contribution in [1.29, 1.82) is 0 Å². The van der Waals surface area contributed by atoms with Gasteiger partial charge >= 0.3 is 0 Å². The Balaban J connectivity index is 1.62. The zero-order valence-electron chi connectivity index (χ0n) is 14.1. The van der Waals surface area contributed by atoms with Crippen molar-refractivity contribution in [2.75, 3.05) is 13.2 Å². The SMILES string of the molecule is O=C(NC(c1ccccc1)c1ccccn1)c1ccc2c(c1)OCCO2. The van der Waals surface area contributed by atoms with E-state index in [2.05, 4.69) is 10.3 Å². The van der Waals surface area contributed by atoms with E-state index in [1.54, 1.807) is 24.4 Å². The monoisotopic (exact) mass is 346 g/mol. The Kier molecular flexibility index (Phi) is 4.51. The van der Waals surface area contributed by atoms with Gasteiger partial charge in [0.2, 0.25) is 0 Å². The highest BCUT2D eigenvalue weighted by molar-refractivity contribution is 5.95. The van der Waals surface area contributed by atoms with Crippen LogP contribution in [0.15, 0.2) is 72.9 Å². The summed E-state index contributed by atoms with van der Waals surface area (Å²) in [5.74, 6) is 1.07. The minimum Gasteiger partial charge on any atom is -0.486 e. The summed E-state index contributed by atoms with van der Waals surface area (Å²) < 4.78 is 11.1. The molecule has 1 aliphatic heterocycles. The van der Waals surface area contributed by atoms with Gasteiger partial charge in [-0.05, 0) is 35.9 Å². The van der Waals surface area contributed by atoms with Crippen LogP contribution < -0.4 is 14.8 Å². The number of aromatic nitrogens is 1. The van der Waals surface area contributed by atoms with Gasteiger partial charge in [-0.1, -0.05) is 36.4 Å². The third-order valence-corrected chi connectivity index (χ3v) is 4.20. The Hall–Kier alpha value is -3.34. The fourth-order valence-electron chi connectivity index (χ4n) is 2.92. The van der Waals surface area contributed by atoms with Crippen LogP contribution in [0.4, 0.5) is 0 Å². The predicted octanol–water partition coefficient (Wildman–Crippen LogP) is 3.37. The van der Waals surface area contributed by atoms with Crippen LogP contribution in [0.2, 0.25) is 0 Å². The first-order valence-corrected chi connectivity index (χ1v) is 8.47. The van der Waals surface area contributed by atoms with Gasteiger partial charge in [0, 0.05) is 11.8 Å². The molecular formula is C21H18N2O3. The highest BCUT2D eigenvalue weighted by atomic mass is 16.6. The molecule has 5 nitrogen and oxygen atoms in total. The first-order valence-electron chi connectivity index (χ1n) is 8.47. The molecule has 1 aromatic heterocycles. The highest BCUT2D eigenvalue weighted by Gasteiger charge is 2.20. The van der Waals surface area contributed by atoms with Crippen LogP contribution in [0.1, 0.15) is 27.7 Å². The lowest BCUT2D eigenvalue weighted by molar-refractivity contribution is 0.0941. The summed E-state index contributed by atoms with van der Waals surface area (Å²) in [5, 5.41) is 3.07. The van der Waals surface area contributed by atoms with Crippen molar-refractivity contribution >= 4 is 5.91 Å². The number of rotatable bonds is 4. The van der Waals surface area contributed by atoms with Crippen LogP contribution in [0.25, 0.3) is 0 Å². The second-order valence-electron chi connectivity index (χ2n) is 5.93. The maximum atomic E-state index is 12.9. The van der Waals surface area contributed by atoms with E-state index in [0.29, 0.717) is 30.3 Å². The highest BCUT2D eigenvalue weighted by Crippen LogP contribution is 2.31. The number of carbonyl (C=O) groups excluding carboxylic acids is 1. The van der Waals surface area contributed by atoms with Crippen molar-refractivity contribution in [3.8, 4) is 11.5 Å². The molecule has 26 heavy (non-hydrogen) atoms. The lowest BCUT2D eigenvalue weighted by Crippen LogP contribution is -2.30. The maximum absolute atomic E-state index is 12.9. The van der Waals surface area contributed by atoms with Crippen LogP contribution >= 0.6 is 0 Å². The van der Waals surface area contributed by atoms with Crippen molar-refractivity contribution in [3.63, 3.8) is 0 Å². The fourth-order valence-corrected chi connectivity index (χ4v) is 2.92. The molecule has 0 fully saturated rings. The molecule has 0 saturated carbocycles. The quantitative estimate of drug-likeness (QED) is 0.787. The Labute approximate surface area is 151 Å². The number of fused-ring (bicyclic) bond motifs is 1. The van der Waals surface area contributed by atoms with Crippen LogP contribution in [0, 0.1) is 0 Å². The molecule has 4 rings (SSSR count). The zero-order chi connectivity index (χ0) is 17.8. The third-order valence-electron chi connectivity index (χ3n) is 4.20. The van der Waals surface area contributed by atoms with Crippen LogP contribution in [-0.2, 0) is 0 Å². The minimum absolute atomic E-state index is 0.193. The van der Waals surface area contributed by atoms with Gasteiger partial charge in [0.25, 0.3) is 5.91 Å². The van der Waals surface area contributed by atoms with E-state index >= 15 is 0 Å². The van der Waals surface area contributed by atoms with E-state index in [1.807, 2.05) is 48.5 Å². The van der Waals surface area contributed by atoms with E-state index in [1.165, 1.54) is 0 Å². The van der Waals surface area contributed by atoms with Crippen LogP contribution in [0.3, 0.4) is 0 Å². The molecule has 1 unspecified atom stereocenters. The maximum Gasteiger partial charge on any atom is 0.252 e. The summed E-state index contributed by atoms with van der Waals surface area (Å²) in [4.78, 5) is 17.3. The van der Waals surface area contributed by atoms with Crippen LogP contribution in [-0.4, -0.2) is 24.1 Å². The number of hydrogen-bond acceptors (Lipinski definition) is 4. The standard InChI is InChI=1S/C21H18N2O3/c24-21(16-9-10-18-19(14-16)26-13-12-25-18)23-20(15-6-2-1-3-7-15)17-8-4-5-11-22-17/h1-11,14,20H,12-13H2,(H,23,24). The number of nitrogens with one attached hydrogen (secondary N) is 1. The van der Waals surface area contributed by atoms with Gasteiger partial charge in [0.1, 0.15) is 13.2 Å². The van der Waals surface area contributed by atoms with Crippen molar-refractivity contribution in [3.05, 3.63) is 89.7 Å². The third kappa shape index (κ3) is 3.37. The first kappa shape index (κ1) is 16.1. The summed E-state index contributed by atoms with van der Waals surface area (Å²) in [6, 6.07) is 20.3. The topological polar surface area (TPSA) is 60.5 Å². The average Bonchev–Trinajstić information content (AvgIpc) is 2.72. The molecule has 0 aliphatic carbocycles. The van der Waals surface area contributed by atoms with Crippen molar-refractivity contribution in [2.24, 2.45) is 0 Å². The summed E-state index contributed by atoms with van der Waals surface area (Å²) in [7, 11) is 0. The molecule has 2 aromatic carbocycles. The summed E-state index contributed by atoms with van der Waals surface area (Å²) in [6.45, 7) is 1.01. The molecule has 130 valence electrons. The number of ether oxygens (including phenoxy) is 2. The summed E-state index contributed by atoms with van der Waals surface area (Å²) in [6.07, 6.45) is 1.72. The number of carbonyl (C=O) groups is 1. The molecule has 3 aromatic rings. The Bertz CT molecular complexity index is 858. The number of pyridine rings is 1. The molecule has 2 heterocycles. The van der Waals surface area contributed by atoms with E-state index in [4.69, 9.17) is 9.47 Å². The molecule has 1 N–H and O–H groups in total. The second-order valence-corrected chi connectivity index (χ2v) is 5.93. The lowest BCUT2D eigenvalue weighted by atomic mass is 10.0. The Morgan fingerprint density at radius 3 is 2.46 bits per heavy atom. The molecule has 0 bridgehead atoms. The van der Waals surface area contributed by atoms with E-state index in [9.17, 15) is 4.79 Å². The number of benzene rings is 2. The first-order chi connectivity index (χ1) is 12.8. The van der Waals surface area contributed by atoms with Gasteiger partial charge < -0.3 is 14.8 Å². The van der Waals surface area contributed by atoms with Gasteiger partial charge in [0.05, 0.1) is 11.7 Å². The second kappa shape index (κ2) is 7.27. The van der Waals surface area contributed by atoms with Gasteiger partial charge in [-0.25, -0.2) is 0 Å². The van der Waals surface area contributed by atoms with E-state index < -0.39 is 0 Å². The minimum atomic E-state index is -0.335. The van der Waals surface area contributed by atoms with Crippen molar-refractivity contribution in [2.45, 2.75) is 6.04 Å². The molecule has 0 radical (unpaired) electrons. The number of amides is 1. The molecule has 1 amide bonds. The van der Waals surface area contributed by atoms with Crippen molar-refractivity contribution in [1.82, 2.24) is 10.3 Å². The van der Waals surface area contributed by atoms with E-state index in [-0.39, 0.29) is 11.9 Å². The smallest absolute Gasteiger partial charge is 0.252 e. The van der Waals surface area contributed by atoms with E-state index in [0.717, 1.165) is 11.3 Å². The predicted molar refractivity (Wildman–Crippen MR) is 97.4 cm³/mol. The lowest BCUT2D eigenvalue weighted by Gasteiger charge is -2.21. The van der Waals surface area contributed by atoms with Gasteiger partial charge in [0.15, 0.2) is 11.5 Å². The summed E-state index contributed by atoms with van der Waals surface area (Å²) >= 11 is 0. The fraction of sp³-hybridized carbons (Fsp3) is 0.143. The molecule has 1 atom stereocenters. The molecule has 0 saturated heterocycles. The van der Waals surface area contributed by atoms with Gasteiger partial charge in [-0.2, -0.15) is 0 Å². The molecule has 5 heteroatoms. The normalized spacial score (nSPS) is 13.7.